The molecule has 22 heavy (non-hydrogen) atoms. The SMILES string of the molecule is Cc1cc(S(=O)(=O)c2ccc(C)c(S(=O)(=O)O)c2)ccc1F. The van der Waals surface area contributed by atoms with E-state index in [0.717, 1.165) is 24.3 Å². The zero-order valence-corrected chi connectivity index (χ0v) is 13.4. The summed E-state index contributed by atoms with van der Waals surface area (Å²) >= 11 is 0. The van der Waals surface area contributed by atoms with Crippen LogP contribution in [0.25, 0.3) is 0 Å². The Labute approximate surface area is 128 Å². The monoisotopic (exact) mass is 344 g/mol. The molecule has 0 saturated carbocycles. The van der Waals surface area contributed by atoms with Crippen LogP contribution < -0.4 is 0 Å². The van der Waals surface area contributed by atoms with Crippen molar-refractivity contribution in [2.75, 3.05) is 0 Å². The Morgan fingerprint density at radius 2 is 1.41 bits per heavy atom. The third-order valence-electron chi connectivity index (χ3n) is 3.19. The molecule has 0 spiro atoms. The van der Waals surface area contributed by atoms with E-state index in [1.807, 2.05) is 0 Å². The highest BCUT2D eigenvalue weighted by atomic mass is 32.2. The van der Waals surface area contributed by atoms with Crippen LogP contribution in [0.2, 0.25) is 0 Å². The summed E-state index contributed by atoms with van der Waals surface area (Å²) in [5.74, 6) is -0.540. The first-order valence-corrected chi connectivity index (χ1v) is 9.05. The maximum Gasteiger partial charge on any atom is 0.294 e. The van der Waals surface area contributed by atoms with Gasteiger partial charge in [0.15, 0.2) is 0 Å². The first kappa shape index (κ1) is 16.6. The summed E-state index contributed by atoms with van der Waals surface area (Å²) in [5.41, 5.74) is 0.375. The van der Waals surface area contributed by atoms with E-state index in [9.17, 15) is 21.2 Å². The molecule has 5 nitrogen and oxygen atoms in total. The van der Waals surface area contributed by atoms with Crippen LogP contribution in [0.1, 0.15) is 11.1 Å². The van der Waals surface area contributed by atoms with Crippen LogP contribution in [-0.4, -0.2) is 21.4 Å². The van der Waals surface area contributed by atoms with E-state index in [1.165, 1.54) is 26.0 Å². The van der Waals surface area contributed by atoms with Gasteiger partial charge in [-0.1, -0.05) is 6.07 Å². The van der Waals surface area contributed by atoms with E-state index in [-0.39, 0.29) is 20.9 Å². The van der Waals surface area contributed by atoms with Gasteiger partial charge in [-0.15, -0.1) is 0 Å². The lowest BCUT2D eigenvalue weighted by atomic mass is 10.2. The molecule has 118 valence electrons. The van der Waals surface area contributed by atoms with Crippen LogP contribution in [0, 0.1) is 19.7 Å². The van der Waals surface area contributed by atoms with Crippen LogP contribution in [-0.2, 0) is 20.0 Å². The Bertz CT molecular complexity index is 947. The molecule has 0 aliphatic rings. The van der Waals surface area contributed by atoms with Gasteiger partial charge >= 0.3 is 0 Å². The smallest absolute Gasteiger partial charge is 0.282 e. The zero-order chi connectivity index (χ0) is 16.7. The summed E-state index contributed by atoms with van der Waals surface area (Å²) < 4.78 is 69.9. The molecule has 8 heteroatoms. The number of sulfone groups is 1. The Balaban J connectivity index is 2.67. The highest BCUT2D eigenvalue weighted by Crippen LogP contribution is 2.26. The molecule has 2 aromatic carbocycles. The number of benzene rings is 2. The lowest BCUT2D eigenvalue weighted by Gasteiger charge is -2.09. The van der Waals surface area contributed by atoms with Gasteiger partial charge in [0, 0.05) is 0 Å². The molecule has 1 N–H and O–H groups in total. The summed E-state index contributed by atoms with van der Waals surface area (Å²) in [6, 6.07) is 6.70. The normalized spacial score (nSPS) is 12.4. The molecule has 0 bridgehead atoms. The summed E-state index contributed by atoms with van der Waals surface area (Å²) in [5, 5.41) is 0. The quantitative estimate of drug-likeness (QED) is 0.683. The predicted octanol–water partition coefficient (Wildman–Crippen LogP) is 2.52. The molecule has 0 amide bonds. The fraction of sp³-hybridized carbons (Fsp3) is 0.143. The van der Waals surface area contributed by atoms with E-state index in [0.29, 0.717) is 0 Å². The van der Waals surface area contributed by atoms with Crippen molar-refractivity contribution < 1.29 is 25.8 Å². The molecular formula is C14H13FO5S2. The van der Waals surface area contributed by atoms with Crippen molar-refractivity contribution in [3.8, 4) is 0 Å². The second-order valence-corrected chi connectivity index (χ2v) is 8.16. The summed E-state index contributed by atoms with van der Waals surface area (Å²) in [7, 11) is -8.56. The zero-order valence-electron chi connectivity index (χ0n) is 11.7. The molecule has 0 unspecified atom stereocenters. The van der Waals surface area contributed by atoms with Gasteiger partial charge in [-0.2, -0.15) is 8.42 Å². The Morgan fingerprint density at radius 1 is 0.864 bits per heavy atom. The summed E-state index contributed by atoms with van der Waals surface area (Å²) in [6.45, 7) is 2.86. The third kappa shape index (κ3) is 3.03. The first-order chi connectivity index (χ1) is 10.0. The molecule has 2 rings (SSSR count). The first-order valence-electron chi connectivity index (χ1n) is 6.13. The molecule has 0 aromatic heterocycles. The lowest BCUT2D eigenvalue weighted by molar-refractivity contribution is 0.482. The van der Waals surface area contributed by atoms with Gasteiger partial charge in [-0.3, -0.25) is 4.55 Å². The number of hydrogen-bond acceptors (Lipinski definition) is 4. The number of hydrogen-bond donors (Lipinski definition) is 1. The largest absolute Gasteiger partial charge is 0.294 e. The Morgan fingerprint density at radius 3 is 1.95 bits per heavy atom. The Hall–Kier alpha value is -1.77. The average Bonchev–Trinajstić information content (AvgIpc) is 2.40. The van der Waals surface area contributed by atoms with E-state index in [2.05, 4.69) is 0 Å². The van der Waals surface area contributed by atoms with E-state index in [1.54, 1.807) is 0 Å². The van der Waals surface area contributed by atoms with Crippen LogP contribution >= 0.6 is 0 Å². The summed E-state index contributed by atoms with van der Waals surface area (Å²) in [6.07, 6.45) is 0. The minimum Gasteiger partial charge on any atom is -0.282 e. The molecular weight excluding hydrogens is 331 g/mol. The van der Waals surface area contributed by atoms with E-state index >= 15 is 0 Å². The van der Waals surface area contributed by atoms with Gasteiger partial charge < -0.3 is 0 Å². The highest BCUT2D eigenvalue weighted by Gasteiger charge is 2.22. The molecule has 2 aromatic rings. The Kier molecular flexibility index (Phi) is 4.12. The van der Waals surface area contributed by atoms with Crippen LogP contribution in [0.4, 0.5) is 4.39 Å². The molecule has 0 atom stereocenters. The number of rotatable bonds is 3. The van der Waals surface area contributed by atoms with E-state index < -0.39 is 30.7 Å². The number of halogens is 1. The third-order valence-corrected chi connectivity index (χ3v) is 5.93. The van der Waals surface area contributed by atoms with Gasteiger partial charge in [-0.25, -0.2) is 12.8 Å². The number of aryl methyl sites for hydroxylation is 2. The molecule has 0 radical (unpaired) electrons. The topological polar surface area (TPSA) is 88.5 Å². The predicted molar refractivity (Wildman–Crippen MR) is 77.6 cm³/mol. The van der Waals surface area contributed by atoms with Crippen molar-refractivity contribution in [2.45, 2.75) is 28.5 Å². The van der Waals surface area contributed by atoms with Crippen LogP contribution in [0.15, 0.2) is 51.1 Å². The fourth-order valence-electron chi connectivity index (χ4n) is 1.95. The fourth-order valence-corrected chi connectivity index (χ4v) is 4.14. The van der Waals surface area contributed by atoms with E-state index in [4.69, 9.17) is 4.55 Å². The molecule has 0 aliphatic heterocycles. The maximum atomic E-state index is 13.3. The van der Waals surface area contributed by atoms with Gasteiger partial charge in [0.1, 0.15) is 5.82 Å². The standard InChI is InChI=1S/C14H13FO5S2/c1-9-3-4-12(8-14(9)22(18,19)20)21(16,17)11-5-6-13(15)10(2)7-11/h3-8H,1-2H3,(H,18,19,20). The summed E-state index contributed by atoms with van der Waals surface area (Å²) in [4.78, 5) is -0.930. The maximum absolute atomic E-state index is 13.3. The molecule has 0 saturated heterocycles. The molecule has 0 fully saturated rings. The average molecular weight is 344 g/mol. The van der Waals surface area contributed by atoms with Crippen LogP contribution in [0.3, 0.4) is 0 Å². The minimum atomic E-state index is -4.54. The minimum absolute atomic E-state index is 0.156. The van der Waals surface area contributed by atoms with Crippen molar-refractivity contribution in [3.63, 3.8) is 0 Å². The lowest BCUT2D eigenvalue weighted by Crippen LogP contribution is -2.07. The second kappa shape index (κ2) is 5.45. The van der Waals surface area contributed by atoms with Crippen molar-refractivity contribution >= 4 is 20.0 Å². The van der Waals surface area contributed by atoms with Gasteiger partial charge in [0.25, 0.3) is 10.1 Å². The molecule has 0 aliphatic carbocycles. The van der Waals surface area contributed by atoms with Crippen LogP contribution in [0.5, 0.6) is 0 Å². The van der Waals surface area contributed by atoms with Crippen molar-refractivity contribution in [1.82, 2.24) is 0 Å². The molecule has 0 heterocycles. The van der Waals surface area contributed by atoms with Crippen molar-refractivity contribution in [3.05, 3.63) is 53.3 Å². The van der Waals surface area contributed by atoms with Gasteiger partial charge in [0.05, 0.1) is 14.7 Å². The van der Waals surface area contributed by atoms with Crippen molar-refractivity contribution in [2.24, 2.45) is 0 Å². The van der Waals surface area contributed by atoms with Crippen molar-refractivity contribution in [1.29, 1.82) is 0 Å². The second-order valence-electron chi connectivity index (χ2n) is 4.82. The highest BCUT2D eigenvalue weighted by molar-refractivity contribution is 7.91. The van der Waals surface area contributed by atoms with Gasteiger partial charge in [-0.05, 0) is 55.3 Å². The van der Waals surface area contributed by atoms with Gasteiger partial charge in [0.2, 0.25) is 9.84 Å².